The molecule has 0 rings (SSSR count). The first-order chi connectivity index (χ1) is 38.0. The molecule has 1 atom stereocenters. The Labute approximate surface area is 477 Å². The van der Waals surface area contributed by atoms with Crippen molar-refractivity contribution < 1.29 is 28.6 Å². The minimum atomic E-state index is -0.794. The van der Waals surface area contributed by atoms with Gasteiger partial charge in [0.2, 0.25) is 0 Å². The number of carbonyl (C=O) groups is 3. The van der Waals surface area contributed by atoms with Gasteiger partial charge in [0.15, 0.2) is 6.10 Å². The van der Waals surface area contributed by atoms with Gasteiger partial charge in [0.05, 0.1) is 0 Å². The van der Waals surface area contributed by atoms with Gasteiger partial charge in [-0.05, 0) is 122 Å². The summed E-state index contributed by atoms with van der Waals surface area (Å²) in [6.07, 6.45) is 87.0. The molecule has 1 unspecified atom stereocenters. The molecule has 0 aromatic rings. The first-order valence-electron chi connectivity index (χ1n) is 32.7. The van der Waals surface area contributed by atoms with Crippen LogP contribution in [0, 0.1) is 0 Å². The number of carbonyl (C=O) groups excluding carboxylic acids is 3. The van der Waals surface area contributed by atoms with Crippen LogP contribution in [0.15, 0.2) is 97.2 Å². The van der Waals surface area contributed by atoms with Crippen molar-refractivity contribution in [1.29, 1.82) is 0 Å². The summed E-state index contributed by atoms with van der Waals surface area (Å²) in [5.41, 5.74) is 0. The molecule has 442 valence electrons. The molecule has 0 aliphatic heterocycles. The van der Waals surface area contributed by atoms with Gasteiger partial charge in [0.1, 0.15) is 13.2 Å². The van der Waals surface area contributed by atoms with Crippen LogP contribution < -0.4 is 0 Å². The van der Waals surface area contributed by atoms with Crippen LogP contribution in [0.3, 0.4) is 0 Å². The Kier molecular flexibility index (Phi) is 61.8. The maximum absolute atomic E-state index is 12.9. The molecule has 0 aliphatic rings. The van der Waals surface area contributed by atoms with Crippen molar-refractivity contribution in [2.45, 2.75) is 322 Å². The van der Waals surface area contributed by atoms with Crippen LogP contribution in [0.4, 0.5) is 0 Å². The SMILES string of the molecule is CC/C=C\C/C=C\C/C=C\C/C=C\CCCCCCCCC(=O)OC(COC(=O)CCCCCCC/C=C\C/C=C\CCCCC)COC(=O)CCCCCCCCCCCCCCC/C=C\C/C=C\CCCCCCC. The van der Waals surface area contributed by atoms with Gasteiger partial charge in [0, 0.05) is 19.3 Å². The van der Waals surface area contributed by atoms with Crippen LogP contribution >= 0.6 is 0 Å². The number of hydrogen-bond acceptors (Lipinski definition) is 6. The van der Waals surface area contributed by atoms with Crippen LogP contribution in [0.5, 0.6) is 0 Å². The lowest BCUT2D eigenvalue weighted by molar-refractivity contribution is -0.167. The third-order valence-corrected chi connectivity index (χ3v) is 14.0. The fraction of sp³-hybridized carbons (Fsp3) is 0.732. The summed E-state index contributed by atoms with van der Waals surface area (Å²) in [5.74, 6) is -0.906. The molecule has 0 aliphatic carbocycles. The molecule has 0 saturated heterocycles. The monoisotopic (exact) mass is 1070 g/mol. The first-order valence-corrected chi connectivity index (χ1v) is 32.7. The second-order valence-corrected chi connectivity index (χ2v) is 21.6. The zero-order chi connectivity index (χ0) is 55.7. The molecule has 0 spiro atoms. The van der Waals surface area contributed by atoms with E-state index in [0.717, 1.165) is 128 Å². The highest BCUT2D eigenvalue weighted by Crippen LogP contribution is 2.16. The molecular formula is C71H122O6. The molecule has 0 N–H and O–H groups in total. The van der Waals surface area contributed by atoms with Gasteiger partial charge in [-0.1, -0.05) is 272 Å². The zero-order valence-corrected chi connectivity index (χ0v) is 50.7. The number of hydrogen-bond donors (Lipinski definition) is 0. The normalized spacial score (nSPS) is 12.7. The van der Waals surface area contributed by atoms with E-state index in [1.54, 1.807) is 0 Å². The summed E-state index contributed by atoms with van der Waals surface area (Å²) in [6.45, 7) is 6.49. The Morgan fingerprint density at radius 2 is 0.506 bits per heavy atom. The molecule has 0 radical (unpaired) electrons. The average Bonchev–Trinajstić information content (AvgIpc) is 3.43. The summed E-state index contributed by atoms with van der Waals surface area (Å²) in [4.78, 5) is 38.4. The van der Waals surface area contributed by atoms with E-state index in [4.69, 9.17) is 14.2 Å². The van der Waals surface area contributed by atoms with E-state index >= 15 is 0 Å². The molecule has 77 heavy (non-hydrogen) atoms. The summed E-state index contributed by atoms with van der Waals surface area (Å²) >= 11 is 0. The third kappa shape index (κ3) is 63.0. The van der Waals surface area contributed by atoms with E-state index in [2.05, 4.69) is 118 Å². The lowest BCUT2D eigenvalue weighted by Gasteiger charge is -2.18. The Morgan fingerprint density at radius 1 is 0.273 bits per heavy atom. The lowest BCUT2D eigenvalue weighted by Crippen LogP contribution is -2.30. The lowest BCUT2D eigenvalue weighted by atomic mass is 10.0. The predicted octanol–water partition coefficient (Wildman–Crippen LogP) is 22.4. The average molecular weight is 1070 g/mol. The second kappa shape index (κ2) is 64.9. The topological polar surface area (TPSA) is 78.9 Å². The minimum absolute atomic E-state index is 0.0877. The molecule has 0 heterocycles. The maximum Gasteiger partial charge on any atom is 0.306 e. The Bertz CT molecular complexity index is 1510. The Morgan fingerprint density at radius 3 is 0.818 bits per heavy atom. The van der Waals surface area contributed by atoms with Crippen molar-refractivity contribution in [2.75, 3.05) is 13.2 Å². The van der Waals surface area contributed by atoms with Crippen molar-refractivity contribution in [3.63, 3.8) is 0 Å². The van der Waals surface area contributed by atoms with Gasteiger partial charge >= 0.3 is 17.9 Å². The highest BCUT2D eigenvalue weighted by atomic mass is 16.6. The predicted molar refractivity (Wildman–Crippen MR) is 334 cm³/mol. The third-order valence-electron chi connectivity index (χ3n) is 14.0. The van der Waals surface area contributed by atoms with E-state index in [9.17, 15) is 14.4 Å². The van der Waals surface area contributed by atoms with Crippen LogP contribution in [0.2, 0.25) is 0 Å². The van der Waals surface area contributed by atoms with Gasteiger partial charge < -0.3 is 14.2 Å². The molecule has 0 aromatic carbocycles. The van der Waals surface area contributed by atoms with Crippen molar-refractivity contribution in [2.24, 2.45) is 0 Å². The van der Waals surface area contributed by atoms with E-state index in [-0.39, 0.29) is 31.1 Å². The molecule has 0 amide bonds. The van der Waals surface area contributed by atoms with Crippen molar-refractivity contribution >= 4 is 17.9 Å². The summed E-state index contributed by atoms with van der Waals surface area (Å²) < 4.78 is 16.9. The van der Waals surface area contributed by atoms with E-state index in [1.165, 1.54) is 148 Å². The smallest absolute Gasteiger partial charge is 0.306 e. The Balaban J connectivity index is 4.36. The standard InChI is InChI=1S/C71H122O6/c1-4-7-10-13-16-19-22-25-28-30-32-33-34-35-36-37-39-40-43-46-49-52-55-58-61-64-70(73)76-67-68(66-75-69(72)63-60-57-54-51-48-45-42-27-24-21-18-15-12-9-6-3)77-71(74)65-62-59-56-53-50-47-44-41-38-31-29-26-23-20-17-14-11-8-5-2/h8,11,17-18,20-22,25-27,29-30,32,38,41-42,68H,4-7,9-10,12-16,19,23-24,28,31,33-37,39-40,43-67H2,1-3H3/b11-8-,20-17-,21-18-,25-22-,29-26-,32-30-,41-38-,42-27-. The largest absolute Gasteiger partial charge is 0.462 e. The number of rotatable bonds is 59. The van der Waals surface area contributed by atoms with E-state index < -0.39 is 6.10 Å². The zero-order valence-electron chi connectivity index (χ0n) is 50.7. The molecule has 0 fully saturated rings. The maximum atomic E-state index is 12.9. The summed E-state index contributed by atoms with van der Waals surface area (Å²) in [7, 11) is 0. The molecule has 6 nitrogen and oxygen atoms in total. The van der Waals surface area contributed by atoms with Crippen LogP contribution in [-0.2, 0) is 28.6 Å². The van der Waals surface area contributed by atoms with Crippen LogP contribution in [0.1, 0.15) is 316 Å². The fourth-order valence-electron chi connectivity index (χ4n) is 9.14. The van der Waals surface area contributed by atoms with Gasteiger partial charge in [-0.15, -0.1) is 0 Å². The second-order valence-electron chi connectivity index (χ2n) is 21.6. The van der Waals surface area contributed by atoms with Gasteiger partial charge in [-0.2, -0.15) is 0 Å². The highest BCUT2D eigenvalue weighted by molar-refractivity contribution is 5.71. The van der Waals surface area contributed by atoms with Gasteiger partial charge in [0.25, 0.3) is 0 Å². The van der Waals surface area contributed by atoms with E-state index in [1.807, 2.05) is 0 Å². The molecule has 0 saturated carbocycles. The number of unbranched alkanes of at least 4 members (excludes halogenated alkanes) is 32. The van der Waals surface area contributed by atoms with Crippen molar-refractivity contribution in [3.05, 3.63) is 97.2 Å². The summed E-state index contributed by atoms with van der Waals surface area (Å²) in [5, 5.41) is 0. The molecule has 0 bridgehead atoms. The van der Waals surface area contributed by atoms with Crippen LogP contribution in [0.25, 0.3) is 0 Å². The van der Waals surface area contributed by atoms with E-state index in [0.29, 0.717) is 19.3 Å². The quantitative estimate of drug-likeness (QED) is 0.0261. The highest BCUT2D eigenvalue weighted by Gasteiger charge is 2.19. The van der Waals surface area contributed by atoms with Crippen molar-refractivity contribution in [3.8, 4) is 0 Å². The van der Waals surface area contributed by atoms with Crippen LogP contribution in [-0.4, -0.2) is 37.2 Å². The molecular weight excluding hydrogens is 949 g/mol. The molecule has 0 aromatic heterocycles. The fourth-order valence-corrected chi connectivity index (χ4v) is 9.14. The number of esters is 3. The number of ether oxygens (including phenoxy) is 3. The minimum Gasteiger partial charge on any atom is -0.462 e. The number of allylic oxidation sites excluding steroid dienone is 16. The van der Waals surface area contributed by atoms with Gasteiger partial charge in [-0.25, -0.2) is 0 Å². The summed E-state index contributed by atoms with van der Waals surface area (Å²) in [6, 6.07) is 0. The van der Waals surface area contributed by atoms with Crippen molar-refractivity contribution in [1.82, 2.24) is 0 Å². The molecule has 6 heteroatoms. The first kappa shape index (κ1) is 73.3. The Hall–Kier alpha value is -3.67. The van der Waals surface area contributed by atoms with Gasteiger partial charge in [-0.3, -0.25) is 14.4 Å².